The van der Waals surface area contributed by atoms with E-state index in [1.807, 2.05) is 0 Å². The molecule has 1 aromatic rings. The van der Waals surface area contributed by atoms with Gasteiger partial charge in [0.1, 0.15) is 0 Å². The second kappa shape index (κ2) is 7.62. The molecule has 0 aliphatic carbocycles. The first kappa shape index (κ1) is 14.4. The number of aliphatic hydroxyl groups excluding tert-OH is 1. The van der Waals surface area contributed by atoms with Crippen LogP contribution in [0.15, 0.2) is 6.20 Å². The SMILES string of the molecule is CN(C)C(=O)NCCNCc1cn(CCO)nn1. The van der Waals surface area contributed by atoms with E-state index in [9.17, 15) is 4.79 Å². The highest BCUT2D eigenvalue weighted by Gasteiger charge is 2.02. The molecule has 0 unspecified atom stereocenters. The summed E-state index contributed by atoms with van der Waals surface area (Å²) in [7, 11) is 3.39. The Labute approximate surface area is 106 Å². The first-order valence-corrected chi connectivity index (χ1v) is 5.79. The largest absolute Gasteiger partial charge is 0.394 e. The molecule has 1 rings (SSSR count). The van der Waals surface area contributed by atoms with Gasteiger partial charge >= 0.3 is 6.03 Å². The molecule has 0 spiro atoms. The summed E-state index contributed by atoms with van der Waals surface area (Å²) >= 11 is 0. The number of aromatic nitrogens is 3. The average molecular weight is 256 g/mol. The predicted octanol–water partition coefficient (Wildman–Crippen LogP) is -1.37. The van der Waals surface area contributed by atoms with Crippen LogP contribution in [0.5, 0.6) is 0 Å². The van der Waals surface area contributed by atoms with Crippen molar-refractivity contribution in [1.29, 1.82) is 0 Å². The molecule has 2 amide bonds. The topological polar surface area (TPSA) is 95.3 Å². The molecule has 102 valence electrons. The minimum atomic E-state index is -0.106. The van der Waals surface area contributed by atoms with Gasteiger partial charge in [0.25, 0.3) is 0 Å². The Morgan fingerprint density at radius 1 is 1.50 bits per heavy atom. The third-order valence-corrected chi connectivity index (χ3v) is 2.21. The summed E-state index contributed by atoms with van der Waals surface area (Å²) < 4.78 is 1.59. The molecule has 0 fully saturated rings. The molecular weight excluding hydrogens is 236 g/mol. The third-order valence-electron chi connectivity index (χ3n) is 2.21. The van der Waals surface area contributed by atoms with E-state index in [2.05, 4.69) is 20.9 Å². The molecule has 3 N–H and O–H groups in total. The highest BCUT2D eigenvalue weighted by atomic mass is 16.3. The fraction of sp³-hybridized carbons (Fsp3) is 0.700. The fourth-order valence-electron chi connectivity index (χ4n) is 1.26. The van der Waals surface area contributed by atoms with Gasteiger partial charge in [0.15, 0.2) is 0 Å². The molecule has 0 aliphatic rings. The van der Waals surface area contributed by atoms with Gasteiger partial charge in [0.05, 0.1) is 18.8 Å². The number of urea groups is 1. The van der Waals surface area contributed by atoms with Gasteiger partial charge in [-0.15, -0.1) is 5.10 Å². The van der Waals surface area contributed by atoms with Crippen LogP contribution < -0.4 is 10.6 Å². The van der Waals surface area contributed by atoms with Gasteiger partial charge in [-0.3, -0.25) is 0 Å². The standard InChI is InChI=1S/C10H20N6O2/c1-15(2)10(18)12-4-3-11-7-9-8-16(5-6-17)14-13-9/h8,11,17H,3-7H2,1-2H3,(H,12,18). The van der Waals surface area contributed by atoms with Crippen molar-refractivity contribution in [3.63, 3.8) is 0 Å². The zero-order chi connectivity index (χ0) is 13.4. The molecule has 8 nitrogen and oxygen atoms in total. The number of hydrogen-bond donors (Lipinski definition) is 3. The smallest absolute Gasteiger partial charge is 0.316 e. The summed E-state index contributed by atoms with van der Waals surface area (Å²) in [6, 6.07) is -0.106. The summed E-state index contributed by atoms with van der Waals surface area (Å²) in [5.74, 6) is 0. The Hall–Kier alpha value is -1.67. The minimum Gasteiger partial charge on any atom is -0.394 e. The third kappa shape index (κ3) is 5.11. The number of nitrogens with zero attached hydrogens (tertiary/aromatic N) is 4. The number of amides is 2. The molecule has 0 aliphatic heterocycles. The van der Waals surface area contributed by atoms with E-state index < -0.39 is 0 Å². The van der Waals surface area contributed by atoms with Gasteiger partial charge in [0.2, 0.25) is 0 Å². The Bertz CT molecular complexity index is 365. The van der Waals surface area contributed by atoms with Crippen LogP contribution in [0.2, 0.25) is 0 Å². The number of rotatable bonds is 7. The zero-order valence-electron chi connectivity index (χ0n) is 10.8. The molecule has 0 aromatic carbocycles. The maximum absolute atomic E-state index is 11.2. The van der Waals surface area contributed by atoms with Crippen molar-refractivity contribution in [2.24, 2.45) is 0 Å². The molecule has 0 radical (unpaired) electrons. The molecule has 0 saturated heterocycles. The number of nitrogens with one attached hydrogen (secondary N) is 2. The van der Waals surface area contributed by atoms with Crippen molar-refractivity contribution < 1.29 is 9.90 Å². The van der Waals surface area contributed by atoms with E-state index in [-0.39, 0.29) is 12.6 Å². The van der Waals surface area contributed by atoms with Gasteiger partial charge in [-0.2, -0.15) is 0 Å². The number of aliphatic hydroxyl groups is 1. The molecular formula is C10H20N6O2. The van der Waals surface area contributed by atoms with Crippen molar-refractivity contribution in [3.8, 4) is 0 Å². The van der Waals surface area contributed by atoms with Gasteiger partial charge < -0.3 is 20.6 Å². The van der Waals surface area contributed by atoms with E-state index in [1.165, 1.54) is 4.90 Å². The van der Waals surface area contributed by atoms with Crippen molar-refractivity contribution in [1.82, 2.24) is 30.5 Å². The molecule has 1 aromatic heterocycles. The number of carbonyl (C=O) groups excluding carboxylic acids is 1. The number of carbonyl (C=O) groups is 1. The second-order valence-corrected chi connectivity index (χ2v) is 4.00. The molecule has 8 heteroatoms. The lowest BCUT2D eigenvalue weighted by molar-refractivity contribution is 0.217. The Kier molecular flexibility index (Phi) is 6.09. The average Bonchev–Trinajstić information content (AvgIpc) is 2.76. The van der Waals surface area contributed by atoms with Crippen LogP contribution in [0.1, 0.15) is 5.69 Å². The van der Waals surface area contributed by atoms with Crippen molar-refractivity contribution >= 4 is 6.03 Å². The summed E-state index contributed by atoms with van der Waals surface area (Å²) in [4.78, 5) is 12.7. The lowest BCUT2D eigenvalue weighted by Crippen LogP contribution is -2.38. The van der Waals surface area contributed by atoms with Gasteiger partial charge in [-0.25, -0.2) is 9.48 Å². The maximum Gasteiger partial charge on any atom is 0.316 e. The monoisotopic (exact) mass is 256 g/mol. The normalized spacial score (nSPS) is 10.4. The van der Waals surface area contributed by atoms with Crippen molar-refractivity contribution in [2.45, 2.75) is 13.1 Å². The predicted molar refractivity (Wildman–Crippen MR) is 65.9 cm³/mol. The minimum absolute atomic E-state index is 0.0484. The quantitative estimate of drug-likeness (QED) is 0.523. The van der Waals surface area contributed by atoms with Crippen LogP contribution >= 0.6 is 0 Å². The fourth-order valence-corrected chi connectivity index (χ4v) is 1.26. The van der Waals surface area contributed by atoms with Crippen molar-refractivity contribution in [2.75, 3.05) is 33.8 Å². The van der Waals surface area contributed by atoms with Gasteiger partial charge in [-0.05, 0) is 0 Å². The lowest BCUT2D eigenvalue weighted by Gasteiger charge is -2.11. The molecule has 0 saturated carbocycles. The summed E-state index contributed by atoms with van der Waals surface area (Å²) in [6.45, 7) is 2.30. The van der Waals surface area contributed by atoms with E-state index in [4.69, 9.17) is 5.11 Å². The van der Waals surface area contributed by atoms with Gasteiger partial charge in [-0.1, -0.05) is 5.21 Å². The summed E-state index contributed by atoms with van der Waals surface area (Å²) in [6.07, 6.45) is 1.78. The highest BCUT2D eigenvalue weighted by molar-refractivity contribution is 5.73. The van der Waals surface area contributed by atoms with Crippen LogP contribution in [0.25, 0.3) is 0 Å². The second-order valence-electron chi connectivity index (χ2n) is 4.00. The van der Waals surface area contributed by atoms with Crippen LogP contribution in [-0.4, -0.2) is 64.8 Å². The maximum atomic E-state index is 11.2. The molecule has 1 heterocycles. The number of hydrogen-bond acceptors (Lipinski definition) is 5. The zero-order valence-corrected chi connectivity index (χ0v) is 10.8. The Balaban J connectivity index is 2.12. The Morgan fingerprint density at radius 2 is 2.28 bits per heavy atom. The molecule has 0 atom stereocenters. The van der Waals surface area contributed by atoms with Crippen LogP contribution in [0.3, 0.4) is 0 Å². The summed E-state index contributed by atoms with van der Waals surface area (Å²) in [5, 5.41) is 22.4. The first-order valence-electron chi connectivity index (χ1n) is 5.79. The molecule has 18 heavy (non-hydrogen) atoms. The van der Waals surface area contributed by atoms with E-state index in [0.717, 1.165) is 5.69 Å². The van der Waals surface area contributed by atoms with Crippen LogP contribution in [0, 0.1) is 0 Å². The highest BCUT2D eigenvalue weighted by Crippen LogP contribution is 1.91. The summed E-state index contributed by atoms with van der Waals surface area (Å²) in [5.41, 5.74) is 0.808. The van der Waals surface area contributed by atoms with Gasteiger partial charge in [0, 0.05) is 39.9 Å². The Morgan fingerprint density at radius 3 is 2.94 bits per heavy atom. The van der Waals surface area contributed by atoms with E-state index in [0.29, 0.717) is 26.2 Å². The van der Waals surface area contributed by atoms with Crippen LogP contribution in [0.4, 0.5) is 4.79 Å². The van der Waals surface area contributed by atoms with E-state index >= 15 is 0 Å². The van der Waals surface area contributed by atoms with Crippen molar-refractivity contribution in [3.05, 3.63) is 11.9 Å². The lowest BCUT2D eigenvalue weighted by atomic mass is 10.4. The first-order chi connectivity index (χ1) is 8.63. The van der Waals surface area contributed by atoms with E-state index in [1.54, 1.807) is 25.0 Å². The molecule has 0 bridgehead atoms. The van der Waals surface area contributed by atoms with Crippen LogP contribution in [-0.2, 0) is 13.1 Å².